The molecule has 0 unspecified atom stereocenters. The van der Waals surface area contributed by atoms with E-state index in [4.69, 9.17) is 0 Å². The highest BCUT2D eigenvalue weighted by Gasteiger charge is 2.10. The number of nitrogens with zero attached hydrogens (tertiary/aromatic N) is 1. The summed E-state index contributed by atoms with van der Waals surface area (Å²) in [6.07, 6.45) is 1.57. The summed E-state index contributed by atoms with van der Waals surface area (Å²) in [5, 5.41) is 0.750. The molecular formula is C9H3Br3FN. The van der Waals surface area contributed by atoms with Gasteiger partial charge >= 0.3 is 0 Å². The van der Waals surface area contributed by atoms with Crippen molar-refractivity contribution < 1.29 is 4.39 Å². The van der Waals surface area contributed by atoms with Crippen LogP contribution in [0.4, 0.5) is 4.39 Å². The summed E-state index contributed by atoms with van der Waals surface area (Å²) < 4.78 is 15.6. The standard InChI is InChI=1S/C9H3Br3FN/c10-5-2-1-4-7(12)6(11)3-14-9(4)8(5)13/h1-3H. The molecule has 14 heavy (non-hydrogen) atoms. The van der Waals surface area contributed by atoms with Crippen LogP contribution in [0.25, 0.3) is 10.9 Å². The molecule has 0 aliphatic carbocycles. The summed E-state index contributed by atoms with van der Waals surface area (Å²) in [7, 11) is 0. The first-order valence-corrected chi connectivity index (χ1v) is 6.07. The Hall–Kier alpha value is -0.000000000000000111. The number of rotatable bonds is 0. The van der Waals surface area contributed by atoms with Gasteiger partial charge in [0, 0.05) is 16.1 Å². The molecule has 1 aromatic heterocycles. The van der Waals surface area contributed by atoms with E-state index >= 15 is 0 Å². The number of aromatic nitrogens is 1. The van der Waals surface area contributed by atoms with Gasteiger partial charge in [-0.25, -0.2) is 4.39 Å². The van der Waals surface area contributed by atoms with Crippen molar-refractivity contribution in [3.05, 3.63) is 37.6 Å². The molecule has 0 aliphatic rings. The van der Waals surface area contributed by atoms with Gasteiger partial charge in [0.1, 0.15) is 5.52 Å². The average molecular weight is 384 g/mol. The number of hydrogen-bond donors (Lipinski definition) is 0. The van der Waals surface area contributed by atoms with Gasteiger partial charge < -0.3 is 0 Å². The number of halogens is 4. The Balaban J connectivity index is 2.94. The van der Waals surface area contributed by atoms with Gasteiger partial charge in [-0.2, -0.15) is 0 Å². The first-order valence-electron chi connectivity index (χ1n) is 3.69. The molecule has 1 aromatic carbocycles. The van der Waals surface area contributed by atoms with E-state index in [1.165, 1.54) is 0 Å². The molecule has 1 nitrogen and oxygen atoms in total. The third-order valence-corrected chi connectivity index (χ3v) is 4.42. The second kappa shape index (κ2) is 3.87. The fraction of sp³-hybridized carbons (Fsp3) is 0. The Morgan fingerprint density at radius 2 is 1.79 bits per heavy atom. The van der Waals surface area contributed by atoms with Crippen molar-refractivity contribution >= 4 is 58.7 Å². The van der Waals surface area contributed by atoms with Crippen molar-refractivity contribution in [3.8, 4) is 0 Å². The van der Waals surface area contributed by atoms with Crippen LogP contribution in [0.2, 0.25) is 0 Å². The molecular weight excluding hydrogens is 381 g/mol. The zero-order valence-corrected chi connectivity index (χ0v) is 11.4. The van der Waals surface area contributed by atoms with Gasteiger partial charge in [0.2, 0.25) is 0 Å². The monoisotopic (exact) mass is 381 g/mol. The maximum Gasteiger partial charge on any atom is 0.163 e. The van der Waals surface area contributed by atoms with E-state index in [1.807, 2.05) is 6.07 Å². The van der Waals surface area contributed by atoms with Gasteiger partial charge in [-0.05, 0) is 53.9 Å². The first kappa shape index (κ1) is 10.5. The van der Waals surface area contributed by atoms with Crippen LogP contribution in [0.5, 0.6) is 0 Å². The maximum absolute atomic E-state index is 13.6. The number of benzene rings is 1. The topological polar surface area (TPSA) is 12.9 Å². The van der Waals surface area contributed by atoms with E-state index in [9.17, 15) is 4.39 Å². The van der Waals surface area contributed by atoms with E-state index in [0.29, 0.717) is 9.99 Å². The number of hydrogen-bond acceptors (Lipinski definition) is 1. The second-order valence-electron chi connectivity index (χ2n) is 2.68. The van der Waals surface area contributed by atoms with Crippen molar-refractivity contribution in [2.75, 3.05) is 0 Å². The zero-order chi connectivity index (χ0) is 10.3. The fourth-order valence-corrected chi connectivity index (χ4v) is 2.21. The van der Waals surface area contributed by atoms with Gasteiger partial charge in [-0.1, -0.05) is 6.07 Å². The largest absolute Gasteiger partial charge is 0.252 e. The van der Waals surface area contributed by atoms with Gasteiger partial charge in [-0.15, -0.1) is 0 Å². The molecule has 0 atom stereocenters. The summed E-state index contributed by atoms with van der Waals surface area (Å²) in [6, 6.07) is 3.47. The van der Waals surface area contributed by atoms with E-state index in [1.54, 1.807) is 12.3 Å². The molecule has 0 aliphatic heterocycles. The molecule has 0 saturated heterocycles. The molecule has 5 heteroatoms. The van der Waals surface area contributed by atoms with Crippen molar-refractivity contribution in [2.45, 2.75) is 0 Å². The lowest BCUT2D eigenvalue weighted by atomic mass is 10.2. The molecule has 0 radical (unpaired) electrons. The number of pyridine rings is 1. The molecule has 0 bridgehead atoms. The lowest BCUT2D eigenvalue weighted by Gasteiger charge is -2.04. The molecule has 0 fully saturated rings. The summed E-state index contributed by atoms with van der Waals surface area (Å²) in [5.74, 6) is -0.337. The summed E-state index contributed by atoms with van der Waals surface area (Å²) in [4.78, 5) is 4.02. The van der Waals surface area contributed by atoms with Crippen molar-refractivity contribution in [3.63, 3.8) is 0 Å². The predicted octanol–water partition coefficient (Wildman–Crippen LogP) is 4.66. The minimum atomic E-state index is -0.337. The Morgan fingerprint density at radius 3 is 2.50 bits per heavy atom. The normalized spacial score (nSPS) is 10.9. The van der Waals surface area contributed by atoms with Crippen LogP contribution < -0.4 is 0 Å². The molecule has 0 saturated carbocycles. The average Bonchev–Trinajstić information content (AvgIpc) is 2.17. The quantitative estimate of drug-likeness (QED) is 0.644. The van der Waals surface area contributed by atoms with Crippen molar-refractivity contribution in [1.29, 1.82) is 0 Å². The molecule has 72 valence electrons. The zero-order valence-electron chi connectivity index (χ0n) is 6.69. The van der Waals surface area contributed by atoms with Gasteiger partial charge in [0.05, 0.1) is 8.95 Å². The molecule has 2 rings (SSSR count). The fourth-order valence-electron chi connectivity index (χ4n) is 1.15. The molecule has 1 heterocycles. The lowest BCUT2D eigenvalue weighted by molar-refractivity contribution is 0.630. The summed E-state index contributed by atoms with van der Waals surface area (Å²) >= 11 is 9.80. The Morgan fingerprint density at radius 1 is 1.07 bits per heavy atom. The highest BCUT2D eigenvalue weighted by atomic mass is 79.9. The van der Waals surface area contributed by atoms with E-state index < -0.39 is 0 Å². The summed E-state index contributed by atoms with van der Waals surface area (Å²) in [5.41, 5.74) is 0.356. The minimum Gasteiger partial charge on any atom is -0.252 e. The third kappa shape index (κ3) is 1.61. The van der Waals surface area contributed by atoms with E-state index in [2.05, 4.69) is 52.8 Å². The first-order chi connectivity index (χ1) is 6.61. The third-order valence-electron chi connectivity index (χ3n) is 1.82. The van der Waals surface area contributed by atoms with E-state index in [-0.39, 0.29) is 5.82 Å². The van der Waals surface area contributed by atoms with Gasteiger partial charge in [0.25, 0.3) is 0 Å². The highest BCUT2D eigenvalue weighted by Crippen LogP contribution is 2.32. The second-order valence-corrected chi connectivity index (χ2v) is 5.18. The van der Waals surface area contributed by atoms with Crippen LogP contribution in [0.15, 0.2) is 31.7 Å². The van der Waals surface area contributed by atoms with Crippen LogP contribution in [0.3, 0.4) is 0 Å². The summed E-state index contributed by atoms with van der Waals surface area (Å²) in [6.45, 7) is 0. The molecule has 0 spiro atoms. The smallest absolute Gasteiger partial charge is 0.163 e. The van der Waals surface area contributed by atoms with Crippen LogP contribution in [-0.4, -0.2) is 4.98 Å². The predicted molar refractivity (Wildman–Crippen MR) is 64.8 cm³/mol. The number of fused-ring (bicyclic) bond motifs is 1. The Kier molecular flexibility index (Phi) is 2.91. The molecule has 2 aromatic rings. The Labute approximate surface area is 105 Å². The molecule has 0 amide bonds. The minimum absolute atomic E-state index is 0.337. The van der Waals surface area contributed by atoms with E-state index in [0.717, 1.165) is 14.3 Å². The van der Waals surface area contributed by atoms with Crippen LogP contribution in [0.1, 0.15) is 0 Å². The van der Waals surface area contributed by atoms with Crippen LogP contribution in [0, 0.1) is 5.82 Å². The van der Waals surface area contributed by atoms with Crippen molar-refractivity contribution in [1.82, 2.24) is 4.98 Å². The maximum atomic E-state index is 13.6. The van der Waals surface area contributed by atoms with Gasteiger partial charge in [-0.3, -0.25) is 4.98 Å². The SMILES string of the molecule is Fc1c(Br)ccc2c(Br)c(Br)cnc12. The lowest BCUT2D eigenvalue weighted by Crippen LogP contribution is -1.87. The van der Waals surface area contributed by atoms with Crippen LogP contribution >= 0.6 is 47.8 Å². The van der Waals surface area contributed by atoms with Gasteiger partial charge in [0.15, 0.2) is 5.82 Å². The van der Waals surface area contributed by atoms with Crippen molar-refractivity contribution in [2.24, 2.45) is 0 Å². The molecule has 0 N–H and O–H groups in total. The Bertz CT molecular complexity index is 466. The highest BCUT2D eigenvalue weighted by molar-refractivity contribution is 9.13. The van der Waals surface area contributed by atoms with Crippen LogP contribution in [-0.2, 0) is 0 Å².